The largest absolute Gasteiger partial charge is 0.484 e. The number of ketones is 1. The number of methoxy groups -OCH3 is 1. The van der Waals surface area contributed by atoms with Gasteiger partial charge in [-0.25, -0.2) is 9.78 Å². The smallest absolute Gasteiger partial charge is 0.413 e. The second-order valence-electron chi connectivity index (χ2n) is 11.2. The second kappa shape index (κ2) is 16.9. The van der Waals surface area contributed by atoms with Crippen molar-refractivity contribution in [2.24, 2.45) is 0 Å². The average Bonchev–Trinajstić information content (AvgIpc) is 3.77. The van der Waals surface area contributed by atoms with Crippen molar-refractivity contribution in [3.63, 3.8) is 0 Å². The van der Waals surface area contributed by atoms with E-state index < -0.39 is 6.09 Å². The summed E-state index contributed by atoms with van der Waals surface area (Å²) >= 11 is 5.85. The van der Waals surface area contributed by atoms with Crippen molar-refractivity contribution in [1.29, 1.82) is 0 Å². The van der Waals surface area contributed by atoms with E-state index in [2.05, 4.69) is 31.0 Å². The quantitative estimate of drug-likeness (QED) is 0.180. The average molecular weight is 721 g/mol. The molecule has 50 heavy (non-hydrogen) atoms. The lowest BCUT2D eigenvalue weighted by atomic mass is 10.0. The Hall–Kier alpha value is -5.30. The predicted molar refractivity (Wildman–Crippen MR) is 191 cm³/mol. The van der Waals surface area contributed by atoms with Crippen LogP contribution in [0.4, 0.5) is 10.7 Å². The number of aromatic amines is 1. The molecule has 1 aromatic heterocycles. The number of hydrogen-bond acceptors (Lipinski definition) is 9. The zero-order valence-electron chi connectivity index (χ0n) is 27.1. The van der Waals surface area contributed by atoms with E-state index in [1.54, 1.807) is 54.6 Å². The van der Waals surface area contributed by atoms with Crippen LogP contribution in [0.15, 0.2) is 91.0 Å². The van der Waals surface area contributed by atoms with Crippen LogP contribution in [-0.4, -0.2) is 84.2 Å². The van der Waals surface area contributed by atoms with Crippen LogP contribution < -0.4 is 19.5 Å². The fourth-order valence-electron chi connectivity index (χ4n) is 5.33. The van der Waals surface area contributed by atoms with Crippen molar-refractivity contribution < 1.29 is 33.3 Å². The van der Waals surface area contributed by atoms with Gasteiger partial charge < -0.3 is 28.8 Å². The van der Waals surface area contributed by atoms with E-state index in [9.17, 15) is 14.4 Å². The molecule has 2 aliphatic rings. The SMILES string of the molecule is COC(=O)Nc1nc2ccc(C(=O)c3ccccc3)cc2[nH]1.Cl.O=C(COc1ccc(Cl)cc1)N1CCN(Cc2ccc3c(c2)OCO3)CC1. The standard InChI is InChI=1S/C20H21ClN2O4.C16H13N3O3.ClH/c21-16-2-4-17(5-3-16)25-13-20(24)23-9-7-22(8-10-23)12-15-1-6-18-19(11-15)27-14-26-18;1-22-16(21)19-15-17-12-8-7-11(9-13(12)18-15)14(20)10-5-3-2-4-6-10;/h1-6,11H,7-10,12-14H2;2-9H,1H3,(H2,17,18,19,21);1H. The topological polar surface area (TPSA) is 135 Å². The third-order valence-electron chi connectivity index (χ3n) is 7.93. The number of H-pyrrole nitrogens is 1. The lowest BCUT2D eigenvalue weighted by molar-refractivity contribution is -0.135. The first-order chi connectivity index (χ1) is 23.8. The number of imidazole rings is 1. The van der Waals surface area contributed by atoms with E-state index in [0.29, 0.717) is 46.0 Å². The number of benzene rings is 4. The van der Waals surface area contributed by atoms with E-state index >= 15 is 0 Å². The summed E-state index contributed by atoms with van der Waals surface area (Å²) in [6.07, 6.45) is -0.611. The molecule has 2 N–H and O–H groups in total. The molecule has 0 bridgehead atoms. The molecule has 0 radical (unpaired) electrons. The van der Waals surface area contributed by atoms with Crippen molar-refractivity contribution in [1.82, 2.24) is 19.8 Å². The maximum atomic E-state index is 12.4. The minimum absolute atomic E-state index is 0. The van der Waals surface area contributed by atoms with Crippen LogP contribution in [0.5, 0.6) is 17.2 Å². The number of halogens is 2. The van der Waals surface area contributed by atoms with Crippen LogP contribution in [0, 0.1) is 0 Å². The lowest BCUT2D eigenvalue weighted by Crippen LogP contribution is -2.49. The molecule has 1 fully saturated rings. The fourth-order valence-corrected chi connectivity index (χ4v) is 5.46. The molecule has 0 aliphatic carbocycles. The minimum atomic E-state index is -0.611. The lowest BCUT2D eigenvalue weighted by Gasteiger charge is -2.34. The van der Waals surface area contributed by atoms with Crippen molar-refractivity contribution in [3.05, 3.63) is 113 Å². The van der Waals surface area contributed by atoms with Crippen LogP contribution in [0.3, 0.4) is 0 Å². The van der Waals surface area contributed by atoms with Crippen molar-refractivity contribution in [3.8, 4) is 17.2 Å². The van der Waals surface area contributed by atoms with Gasteiger partial charge in [0.25, 0.3) is 5.91 Å². The Morgan fingerprint density at radius 2 is 1.62 bits per heavy atom. The summed E-state index contributed by atoms with van der Waals surface area (Å²) in [5.74, 6) is 2.46. The number of carbonyl (C=O) groups is 3. The first kappa shape index (κ1) is 36.0. The predicted octanol–water partition coefficient (Wildman–Crippen LogP) is 6.19. The van der Waals surface area contributed by atoms with Crippen LogP contribution in [0.1, 0.15) is 21.5 Å². The van der Waals surface area contributed by atoms with Gasteiger partial charge in [-0.3, -0.25) is 19.8 Å². The van der Waals surface area contributed by atoms with Gasteiger partial charge in [0.05, 0.1) is 18.1 Å². The van der Waals surface area contributed by atoms with E-state index in [1.165, 1.54) is 12.7 Å². The normalized spacial score (nSPS) is 13.4. The summed E-state index contributed by atoms with van der Waals surface area (Å²) in [5.41, 5.74) is 3.66. The van der Waals surface area contributed by atoms with Crippen LogP contribution >= 0.6 is 24.0 Å². The third kappa shape index (κ3) is 9.23. The van der Waals surface area contributed by atoms with Crippen LogP contribution in [0.25, 0.3) is 11.0 Å². The van der Waals surface area contributed by atoms with Gasteiger partial charge in [-0.2, -0.15) is 0 Å². The third-order valence-corrected chi connectivity index (χ3v) is 8.18. The number of anilines is 1. The molecule has 12 nitrogen and oxygen atoms in total. The number of hydrogen-bond donors (Lipinski definition) is 2. The number of carbonyl (C=O) groups excluding carboxylic acids is 3. The van der Waals surface area contributed by atoms with Gasteiger partial charge in [-0.1, -0.05) is 48.0 Å². The van der Waals surface area contributed by atoms with E-state index in [-0.39, 0.29) is 43.4 Å². The van der Waals surface area contributed by atoms with Gasteiger partial charge in [-0.15, -0.1) is 12.4 Å². The van der Waals surface area contributed by atoms with Gasteiger partial charge in [0.1, 0.15) is 5.75 Å². The van der Waals surface area contributed by atoms with Gasteiger partial charge in [0, 0.05) is 48.9 Å². The van der Waals surface area contributed by atoms with Gasteiger partial charge in [0.2, 0.25) is 12.7 Å². The molecule has 3 heterocycles. The van der Waals surface area contributed by atoms with E-state index in [4.69, 9.17) is 25.8 Å². The summed E-state index contributed by atoms with van der Waals surface area (Å²) in [4.78, 5) is 47.2. The molecule has 2 amide bonds. The van der Waals surface area contributed by atoms with Crippen molar-refractivity contribution >= 4 is 58.8 Å². The first-order valence-electron chi connectivity index (χ1n) is 15.6. The van der Waals surface area contributed by atoms with E-state index in [1.807, 2.05) is 35.2 Å². The Labute approximate surface area is 299 Å². The second-order valence-corrected chi connectivity index (χ2v) is 11.7. The van der Waals surface area contributed by atoms with Crippen molar-refractivity contribution in [2.75, 3.05) is 52.0 Å². The molecule has 2 aliphatic heterocycles. The Bertz CT molecular complexity index is 1930. The number of nitrogens with zero attached hydrogens (tertiary/aromatic N) is 3. The molecule has 1 saturated heterocycles. The zero-order chi connectivity index (χ0) is 34.2. The number of aromatic nitrogens is 2. The molecular formula is C36H35Cl2N5O7. The summed E-state index contributed by atoms with van der Waals surface area (Å²) in [5, 5.41) is 3.09. The highest BCUT2D eigenvalue weighted by molar-refractivity contribution is 6.30. The molecule has 0 atom stereocenters. The number of nitrogens with one attached hydrogen (secondary N) is 2. The maximum Gasteiger partial charge on any atom is 0.413 e. The number of ether oxygens (including phenoxy) is 4. The Kier molecular flexibility index (Phi) is 12.2. The number of piperazine rings is 1. The van der Waals surface area contributed by atoms with Crippen LogP contribution in [-0.2, 0) is 16.1 Å². The van der Waals surface area contributed by atoms with E-state index in [0.717, 1.165) is 31.1 Å². The molecule has 5 aromatic rings. The highest BCUT2D eigenvalue weighted by Gasteiger charge is 2.22. The first-order valence-corrected chi connectivity index (χ1v) is 15.9. The van der Waals surface area contributed by atoms with Gasteiger partial charge in [0.15, 0.2) is 23.9 Å². The molecule has 0 unspecified atom stereocenters. The molecule has 4 aromatic carbocycles. The number of amides is 2. The Balaban J connectivity index is 0.000000195. The molecule has 0 saturated carbocycles. The molecular weight excluding hydrogens is 685 g/mol. The molecule has 0 spiro atoms. The maximum absolute atomic E-state index is 12.4. The van der Waals surface area contributed by atoms with Gasteiger partial charge in [-0.05, 0) is 60.2 Å². The minimum Gasteiger partial charge on any atom is -0.484 e. The summed E-state index contributed by atoms with van der Waals surface area (Å²) in [7, 11) is 1.27. The molecule has 260 valence electrons. The summed E-state index contributed by atoms with van der Waals surface area (Å²) < 4.78 is 20.8. The Morgan fingerprint density at radius 3 is 2.36 bits per heavy atom. The van der Waals surface area contributed by atoms with Gasteiger partial charge >= 0.3 is 6.09 Å². The number of fused-ring (bicyclic) bond motifs is 2. The van der Waals surface area contributed by atoms with Crippen molar-refractivity contribution in [2.45, 2.75) is 6.54 Å². The van der Waals surface area contributed by atoms with Crippen LogP contribution in [0.2, 0.25) is 5.02 Å². The fraction of sp³-hybridized carbons (Fsp3) is 0.222. The highest BCUT2D eigenvalue weighted by atomic mass is 35.5. The highest BCUT2D eigenvalue weighted by Crippen LogP contribution is 2.33. The monoisotopic (exact) mass is 719 g/mol. The molecule has 14 heteroatoms. The number of rotatable bonds is 8. The zero-order valence-corrected chi connectivity index (χ0v) is 28.7. The Morgan fingerprint density at radius 1 is 0.880 bits per heavy atom. The summed E-state index contributed by atoms with van der Waals surface area (Å²) in [6, 6.07) is 27.2. The molecule has 7 rings (SSSR count). The summed E-state index contributed by atoms with van der Waals surface area (Å²) in [6.45, 7) is 4.24.